The van der Waals surface area contributed by atoms with E-state index in [0.29, 0.717) is 12.0 Å². The second-order valence-electron chi connectivity index (χ2n) is 5.25. The minimum atomic E-state index is 0.496. The van der Waals surface area contributed by atoms with Gasteiger partial charge in [-0.25, -0.2) is 4.98 Å². The summed E-state index contributed by atoms with van der Waals surface area (Å²) in [5, 5.41) is 3.37. The normalized spacial score (nSPS) is 12.7. The Morgan fingerprint density at radius 1 is 1.28 bits per heavy atom. The zero-order chi connectivity index (χ0) is 13.4. The van der Waals surface area contributed by atoms with E-state index < -0.39 is 0 Å². The molecule has 0 aliphatic carbocycles. The highest BCUT2D eigenvalue weighted by Gasteiger charge is 2.03. The number of pyridine rings is 1. The van der Waals surface area contributed by atoms with Gasteiger partial charge >= 0.3 is 0 Å². The van der Waals surface area contributed by atoms with E-state index in [4.69, 9.17) is 4.74 Å². The quantitative estimate of drug-likeness (QED) is 0.768. The van der Waals surface area contributed by atoms with E-state index in [0.717, 1.165) is 19.0 Å². The van der Waals surface area contributed by atoms with Crippen molar-refractivity contribution >= 4 is 0 Å². The molecule has 0 spiro atoms. The minimum absolute atomic E-state index is 0.496. The zero-order valence-electron chi connectivity index (χ0n) is 12.1. The first-order valence-corrected chi connectivity index (χ1v) is 6.93. The molecule has 0 bridgehead atoms. The van der Waals surface area contributed by atoms with E-state index in [9.17, 15) is 0 Å². The van der Waals surface area contributed by atoms with Crippen molar-refractivity contribution in [3.05, 3.63) is 23.9 Å². The van der Waals surface area contributed by atoms with Crippen molar-refractivity contribution in [2.24, 2.45) is 5.92 Å². The molecule has 102 valence electrons. The third kappa shape index (κ3) is 6.01. The highest BCUT2D eigenvalue weighted by molar-refractivity contribution is 5.17. The van der Waals surface area contributed by atoms with Crippen LogP contribution < -0.4 is 10.1 Å². The summed E-state index contributed by atoms with van der Waals surface area (Å²) in [7, 11) is 0. The highest BCUT2D eigenvalue weighted by atomic mass is 16.5. The standard InChI is InChI=1S/C15H26N2O/c1-5-6-13(4)11-18-15-8-7-14(10-17-15)9-16-12(2)3/h7-8,10,12-13,16H,5-6,9,11H2,1-4H3. The van der Waals surface area contributed by atoms with E-state index in [1.807, 2.05) is 12.3 Å². The van der Waals surface area contributed by atoms with Gasteiger partial charge in [0.2, 0.25) is 5.88 Å². The van der Waals surface area contributed by atoms with Gasteiger partial charge in [0.05, 0.1) is 6.61 Å². The molecule has 0 aliphatic heterocycles. The Labute approximate surface area is 111 Å². The smallest absolute Gasteiger partial charge is 0.213 e. The Hall–Kier alpha value is -1.09. The van der Waals surface area contributed by atoms with E-state index >= 15 is 0 Å². The van der Waals surface area contributed by atoms with Gasteiger partial charge in [-0.05, 0) is 17.9 Å². The molecule has 1 rings (SSSR count). The molecule has 3 heteroatoms. The Bertz CT molecular complexity index is 322. The van der Waals surface area contributed by atoms with Gasteiger partial charge in [-0.3, -0.25) is 0 Å². The Balaban J connectivity index is 2.35. The molecule has 0 saturated heterocycles. The molecule has 1 aromatic heterocycles. The van der Waals surface area contributed by atoms with Gasteiger partial charge in [0.15, 0.2) is 0 Å². The van der Waals surface area contributed by atoms with Gasteiger partial charge < -0.3 is 10.1 Å². The first-order valence-electron chi connectivity index (χ1n) is 6.93. The van der Waals surface area contributed by atoms with Crippen LogP contribution in [0.5, 0.6) is 5.88 Å². The predicted molar refractivity (Wildman–Crippen MR) is 75.8 cm³/mol. The fourth-order valence-electron chi connectivity index (χ4n) is 1.73. The monoisotopic (exact) mass is 250 g/mol. The number of aromatic nitrogens is 1. The van der Waals surface area contributed by atoms with Crippen LogP contribution in [0.4, 0.5) is 0 Å². The summed E-state index contributed by atoms with van der Waals surface area (Å²) in [4.78, 5) is 4.33. The maximum absolute atomic E-state index is 5.67. The first kappa shape index (κ1) is 15.0. The molecular weight excluding hydrogens is 224 g/mol. The molecule has 0 amide bonds. The lowest BCUT2D eigenvalue weighted by molar-refractivity contribution is 0.243. The lowest BCUT2D eigenvalue weighted by atomic mass is 10.1. The lowest BCUT2D eigenvalue weighted by Gasteiger charge is -2.12. The lowest BCUT2D eigenvalue weighted by Crippen LogP contribution is -2.21. The number of ether oxygens (including phenoxy) is 1. The third-order valence-corrected chi connectivity index (χ3v) is 2.81. The van der Waals surface area contributed by atoms with Gasteiger partial charge in [0.1, 0.15) is 0 Å². The van der Waals surface area contributed by atoms with Crippen LogP contribution in [-0.4, -0.2) is 17.6 Å². The van der Waals surface area contributed by atoms with Crippen LogP contribution in [0.15, 0.2) is 18.3 Å². The largest absolute Gasteiger partial charge is 0.477 e. The van der Waals surface area contributed by atoms with Crippen molar-refractivity contribution in [1.82, 2.24) is 10.3 Å². The summed E-state index contributed by atoms with van der Waals surface area (Å²) in [5.74, 6) is 1.32. The average molecular weight is 250 g/mol. The van der Waals surface area contributed by atoms with Gasteiger partial charge in [-0.15, -0.1) is 0 Å². The number of nitrogens with one attached hydrogen (secondary N) is 1. The van der Waals surface area contributed by atoms with E-state index in [1.165, 1.54) is 18.4 Å². The maximum atomic E-state index is 5.67. The van der Waals surface area contributed by atoms with Crippen LogP contribution in [0.25, 0.3) is 0 Å². The Morgan fingerprint density at radius 3 is 2.61 bits per heavy atom. The first-order chi connectivity index (χ1) is 8.61. The van der Waals surface area contributed by atoms with Gasteiger partial charge in [-0.1, -0.05) is 40.2 Å². The van der Waals surface area contributed by atoms with Crippen molar-refractivity contribution in [3.63, 3.8) is 0 Å². The van der Waals surface area contributed by atoms with Gasteiger partial charge in [0, 0.05) is 24.8 Å². The summed E-state index contributed by atoms with van der Waals surface area (Å²) in [6.45, 7) is 10.3. The predicted octanol–water partition coefficient (Wildman–Crippen LogP) is 3.39. The maximum Gasteiger partial charge on any atom is 0.213 e. The molecule has 1 heterocycles. The summed E-state index contributed by atoms with van der Waals surface area (Å²) >= 11 is 0. The number of rotatable bonds is 8. The van der Waals surface area contributed by atoms with Crippen LogP contribution in [-0.2, 0) is 6.54 Å². The molecule has 0 radical (unpaired) electrons. The van der Waals surface area contributed by atoms with Crippen molar-refractivity contribution in [3.8, 4) is 5.88 Å². The van der Waals surface area contributed by atoms with Crippen LogP contribution in [0.2, 0.25) is 0 Å². The summed E-state index contributed by atoms with van der Waals surface area (Å²) < 4.78 is 5.67. The van der Waals surface area contributed by atoms with E-state index in [-0.39, 0.29) is 0 Å². The number of nitrogens with zero attached hydrogens (tertiary/aromatic N) is 1. The van der Waals surface area contributed by atoms with Crippen LogP contribution in [0.3, 0.4) is 0 Å². The second kappa shape index (κ2) is 8.09. The third-order valence-electron chi connectivity index (χ3n) is 2.81. The molecule has 0 saturated carbocycles. The molecule has 0 fully saturated rings. The average Bonchev–Trinajstić information content (AvgIpc) is 2.35. The van der Waals surface area contributed by atoms with E-state index in [2.05, 4.69) is 44.1 Å². The van der Waals surface area contributed by atoms with Crippen molar-refractivity contribution in [2.45, 2.75) is 53.1 Å². The molecule has 1 unspecified atom stereocenters. The number of hydrogen-bond acceptors (Lipinski definition) is 3. The molecule has 0 aromatic carbocycles. The SMILES string of the molecule is CCCC(C)COc1ccc(CNC(C)C)cn1. The van der Waals surface area contributed by atoms with Crippen molar-refractivity contribution in [1.29, 1.82) is 0 Å². The summed E-state index contributed by atoms with van der Waals surface area (Å²) in [6, 6.07) is 4.52. The molecule has 1 N–H and O–H groups in total. The van der Waals surface area contributed by atoms with E-state index in [1.54, 1.807) is 0 Å². The molecule has 1 aromatic rings. The molecular formula is C15H26N2O. The van der Waals surface area contributed by atoms with Crippen LogP contribution >= 0.6 is 0 Å². The fraction of sp³-hybridized carbons (Fsp3) is 0.667. The molecule has 0 aliphatic rings. The summed E-state index contributed by atoms with van der Waals surface area (Å²) in [6.07, 6.45) is 4.29. The van der Waals surface area contributed by atoms with Crippen LogP contribution in [0.1, 0.15) is 46.1 Å². The molecule has 1 atom stereocenters. The Morgan fingerprint density at radius 2 is 2.06 bits per heavy atom. The second-order valence-corrected chi connectivity index (χ2v) is 5.25. The van der Waals surface area contributed by atoms with Crippen molar-refractivity contribution in [2.75, 3.05) is 6.61 Å². The van der Waals surface area contributed by atoms with Gasteiger partial charge in [0.25, 0.3) is 0 Å². The zero-order valence-corrected chi connectivity index (χ0v) is 12.1. The topological polar surface area (TPSA) is 34.1 Å². The number of hydrogen-bond donors (Lipinski definition) is 1. The molecule has 18 heavy (non-hydrogen) atoms. The highest BCUT2D eigenvalue weighted by Crippen LogP contribution is 2.11. The van der Waals surface area contributed by atoms with Gasteiger partial charge in [-0.2, -0.15) is 0 Å². The molecule has 3 nitrogen and oxygen atoms in total. The Kier molecular flexibility index (Phi) is 6.73. The van der Waals surface area contributed by atoms with Crippen LogP contribution in [0, 0.1) is 5.92 Å². The summed E-state index contributed by atoms with van der Waals surface area (Å²) in [5.41, 5.74) is 1.19. The fourth-order valence-corrected chi connectivity index (χ4v) is 1.73. The van der Waals surface area contributed by atoms with Crippen molar-refractivity contribution < 1.29 is 4.74 Å². The minimum Gasteiger partial charge on any atom is -0.477 e.